The molecule has 0 saturated heterocycles. The molecule has 1 aromatic rings. The second-order valence-electron chi connectivity index (χ2n) is 6.50. The van der Waals surface area contributed by atoms with E-state index in [1.165, 1.54) is 31.3 Å². The fourth-order valence-corrected chi connectivity index (χ4v) is 6.75. The highest BCUT2D eigenvalue weighted by Crippen LogP contribution is 2.65. The van der Waals surface area contributed by atoms with E-state index in [0.29, 0.717) is 4.90 Å². The number of allylic oxidation sites excluding steroid dienone is 2. The molecule has 1 aromatic carbocycles. The molecular weight excluding hydrogens is 268 g/mol. The van der Waals surface area contributed by atoms with Gasteiger partial charge in [0.15, 0.2) is 0 Å². The maximum absolute atomic E-state index is 12.9. The van der Waals surface area contributed by atoms with E-state index in [4.69, 9.17) is 0 Å². The molecule has 0 bridgehead atoms. The third-order valence-corrected chi connectivity index (χ3v) is 7.81. The Bertz CT molecular complexity index is 672. The summed E-state index contributed by atoms with van der Waals surface area (Å²) in [5.74, 6) is 0.765. The van der Waals surface area contributed by atoms with Gasteiger partial charge in [0.25, 0.3) is 0 Å². The highest BCUT2D eigenvalue weighted by atomic mass is 32.2. The van der Waals surface area contributed by atoms with E-state index in [-0.39, 0.29) is 5.41 Å². The van der Waals surface area contributed by atoms with Crippen LogP contribution in [-0.4, -0.2) is 8.42 Å². The summed E-state index contributed by atoms with van der Waals surface area (Å²) in [5, 5.41) is 0. The largest absolute Gasteiger partial charge is 0.219 e. The van der Waals surface area contributed by atoms with Crippen LogP contribution >= 0.6 is 0 Å². The summed E-state index contributed by atoms with van der Waals surface area (Å²) in [7, 11) is -3.26. The zero-order valence-corrected chi connectivity index (χ0v) is 12.5. The van der Waals surface area contributed by atoms with Gasteiger partial charge in [-0.2, -0.15) is 0 Å². The number of hydrogen-bond acceptors (Lipinski definition) is 2. The molecule has 2 fully saturated rings. The van der Waals surface area contributed by atoms with Crippen LogP contribution in [0.1, 0.15) is 44.9 Å². The van der Waals surface area contributed by atoms with Crippen molar-refractivity contribution in [1.82, 2.24) is 0 Å². The van der Waals surface area contributed by atoms with E-state index in [1.807, 2.05) is 18.2 Å². The maximum atomic E-state index is 12.9. The van der Waals surface area contributed by atoms with Gasteiger partial charge in [0, 0.05) is 4.91 Å². The van der Waals surface area contributed by atoms with Crippen LogP contribution in [0, 0.1) is 11.3 Å². The number of rotatable bonds is 2. The summed E-state index contributed by atoms with van der Waals surface area (Å²) in [6, 6.07) is 8.96. The van der Waals surface area contributed by atoms with E-state index in [2.05, 4.69) is 0 Å². The van der Waals surface area contributed by atoms with E-state index in [1.54, 1.807) is 12.1 Å². The minimum absolute atomic E-state index is 0.275. The van der Waals surface area contributed by atoms with Crippen LogP contribution in [0.4, 0.5) is 0 Å². The lowest BCUT2D eigenvalue weighted by Crippen LogP contribution is -2.18. The molecule has 0 N–H and O–H groups in total. The van der Waals surface area contributed by atoms with Gasteiger partial charge < -0.3 is 0 Å². The number of benzene rings is 1. The topological polar surface area (TPSA) is 34.1 Å². The lowest BCUT2D eigenvalue weighted by Gasteiger charge is -2.26. The zero-order valence-electron chi connectivity index (χ0n) is 11.6. The number of sulfone groups is 1. The van der Waals surface area contributed by atoms with Gasteiger partial charge in [0.2, 0.25) is 9.84 Å². The second-order valence-corrected chi connectivity index (χ2v) is 8.47. The third kappa shape index (κ3) is 1.53. The Morgan fingerprint density at radius 3 is 2.60 bits per heavy atom. The van der Waals surface area contributed by atoms with E-state index in [9.17, 15) is 8.42 Å². The molecule has 0 heterocycles. The predicted molar refractivity (Wildman–Crippen MR) is 78.9 cm³/mol. The van der Waals surface area contributed by atoms with Gasteiger partial charge in [-0.25, -0.2) is 8.42 Å². The first-order valence-corrected chi connectivity index (χ1v) is 9.15. The monoisotopic (exact) mass is 288 g/mol. The first-order valence-electron chi connectivity index (χ1n) is 7.67. The molecule has 0 aliphatic heterocycles. The van der Waals surface area contributed by atoms with Crippen LogP contribution in [0.15, 0.2) is 45.7 Å². The number of hydrogen-bond donors (Lipinski definition) is 0. The summed E-state index contributed by atoms with van der Waals surface area (Å²) in [6.45, 7) is 0. The van der Waals surface area contributed by atoms with Gasteiger partial charge in [-0.1, -0.05) is 24.6 Å². The minimum Gasteiger partial charge on any atom is -0.219 e. The first kappa shape index (κ1) is 12.6. The van der Waals surface area contributed by atoms with E-state index in [0.717, 1.165) is 30.1 Å². The third-order valence-electron chi connectivity index (χ3n) is 5.81. The van der Waals surface area contributed by atoms with Crippen molar-refractivity contribution in [3.05, 3.63) is 40.8 Å². The smallest absolute Gasteiger partial charge is 0.202 e. The van der Waals surface area contributed by atoms with Crippen molar-refractivity contribution in [1.29, 1.82) is 0 Å². The fourth-order valence-electron chi connectivity index (χ4n) is 4.95. The van der Waals surface area contributed by atoms with Crippen LogP contribution in [0.25, 0.3) is 0 Å². The summed E-state index contributed by atoms with van der Waals surface area (Å²) in [5.41, 5.74) is 1.58. The van der Waals surface area contributed by atoms with Crippen molar-refractivity contribution in [3.8, 4) is 0 Å². The molecule has 0 unspecified atom stereocenters. The molecule has 2 nitrogen and oxygen atoms in total. The van der Waals surface area contributed by atoms with E-state index < -0.39 is 9.84 Å². The van der Waals surface area contributed by atoms with Crippen LogP contribution in [0.3, 0.4) is 0 Å². The zero-order chi connectivity index (χ0) is 13.8. The summed E-state index contributed by atoms with van der Waals surface area (Å²) in [4.78, 5) is 1.24. The minimum atomic E-state index is -3.26. The van der Waals surface area contributed by atoms with E-state index >= 15 is 0 Å². The normalized spacial score (nSPS) is 32.5. The Morgan fingerprint density at radius 1 is 1.00 bits per heavy atom. The predicted octanol–water partition coefficient (Wildman–Crippen LogP) is 4.09. The van der Waals surface area contributed by atoms with Crippen LogP contribution in [0.2, 0.25) is 0 Å². The van der Waals surface area contributed by atoms with Gasteiger partial charge >= 0.3 is 0 Å². The van der Waals surface area contributed by atoms with Crippen LogP contribution in [-0.2, 0) is 9.84 Å². The van der Waals surface area contributed by atoms with Crippen molar-refractivity contribution in [3.63, 3.8) is 0 Å². The summed E-state index contributed by atoms with van der Waals surface area (Å²) in [6.07, 6.45) is 7.89. The average Bonchev–Trinajstić information content (AvgIpc) is 3.09. The standard InChI is InChI=1S/C17H20O2S/c18-20(19,14-6-2-1-3-7-14)16-10-12-17-11-4-5-13(17)8-9-15(16)17/h1-3,6-7,13H,4-5,8-12H2/t13-,17+/m0/s1. The highest BCUT2D eigenvalue weighted by Gasteiger charge is 2.54. The molecule has 3 heteroatoms. The molecule has 3 aliphatic carbocycles. The molecule has 2 saturated carbocycles. The molecule has 3 aliphatic rings. The summed E-state index contributed by atoms with van der Waals surface area (Å²) < 4.78 is 25.8. The fraction of sp³-hybridized carbons (Fsp3) is 0.529. The molecule has 2 atom stereocenters. The average molecular weight is 288 g/mol. The first-order chi connectivity index (χ1) is 9.64. The van der Waals surface area contributed by atoms with Crippen molar-refractivity contribution >= 4 is 9.84 Å². The molecule has 0 radical (unpaired) electrons. The second kappa shape index (κ2) is 4.20. The Kier molecular flexibility index (Phi) is 2.65. The van der Waals surface area contributed by atoms with Crippen molar-refractivity contribution < 1.29 is 8.42 Å². The quantitative estimate of drug-likeness (QED) is 0.821. The Labute approximate surface area is 120 Å². The lowest BCUT2D eigenvalue weighted by molar-refractivity contribution is 0.290. The van der Waals surface area contributed by atoms with Crippen molar-refractivity contribution in [2.24, 2.45) is 11.3 Å². The Hall–Kier alpha value is -1.09. The maximum Gasteiger partial charge on any atom is 0.202 e. The molecule has 20 heavy (non-hydrogen) atoms. The van der Waals surface area contributed by atoms with Crippen LogP contribution < -0.4 is 0 Å². The van der Waals surface area contributed by atoms with Crippen LogP contribution in [0.5, 0.6) is 0 Å². The molecule has 4 rings (SSSR count). The molecule has 106 valence electrons. The molecule has 1 spiro atoms. The SMILES string of the molecule is O=S(=O)(C1=C2CC[C@@H]3CCC[C@]23CC1)c1ccccc1. The van der Waals surface area contributed by atoms with Gasteiger partial charge in [-0.15, -0.1) is 0 Å². The lowest BCUT2D eigenvalue weighted by atomic mass is 9.78. The summed E-state index contributed by atoms with van der Waals surface area (Å²) >= 11 is 0. The van der Waals surface area contributed by atoms with Crippen molar-refractivity contribution in [2.75, 3.05) is 0 Å². The Balaban J connectivity index is 1.84. The van der Waals surface area contributed by atoms with Crippen molar-refractivity contribution in [2.45, 2.75) is 49.8 Å². The highest BCUT2D eigenvalue weighted by molar-refractivity contribution is 7.95. The van der Waals surface area contributed by atoms with Gasteiger partial charge in [-0.3, -0.25) is 0 Å². The van der Waals surface area contributed by atoms with Gasteiger partial charge in [0.05, 0.1) is 4.90 Å². The molecular formula is C17H20O2S. The molecule has 0 aromatic heterocycles. The Morgan fingerprint density at radius 2 is 1.80 bits per heavy atom. The molecule has 0 amide bonds. The van der Waals surface area contributed by atoms with Gasteiger partial charge in [-0.05, 0) is 67.6 Å². The van der Waals surface area contributed by atoms with Gasteiger partial charge in [0.1, 0.15) is 0 Å².